The molecule has 162 valence electrons. The van der Waals surface area contributed by atoms with Crippen LogP contribution in [0.2, 0.25) is 0 Å². The van der Waals surface area contributed by atoms with E-state index < -0.39 is 0 Å². The lowest BCUT2D eigenvalue weighted by Gasteiger charge is -2.19. The minimum atomic E-state index is -0.209. The Morgan fingerprint density at radius 2 is 1.56 bits per heavy atom. The van der Waals surface area contributed by atoms with Gasteiger partial charge in [-0.1, -0.05) is 12.1 Å². The van der Waals surface area contributed by atoms with Crippen molar-refractivity contribution in [3.63, 3.8) is 0 Å². The molecule has 0 unspecified atom stereocenters. The van der Waals surface area contributed by atoms with Gasteiger partial charge in [0.1, 0.15) is 28.8 Å². The predicted molar refractivity (Wildman–Crippen MR) is 126 cm³/mol. The van der Waals surface area contributed by atoms with Crippen LogP contribution >= 0.6 is 0 Å². The van der Waals surface area contributed by atoms with Gasteiger partial charge >= 0.3 is 0 Å². The van der Waals surface area contributed by atoms with Crippen molar-refractivity contribution in [3.8, 4) is 17.2 Å². The first-order valence-corrected chi connectivity index (χ1v) is 10.1. The fraction of sp³-hybridized carbons (Fsp3) is 0.154. The summed E-state index contributed by atoms with van der Waals surface area (Å²) in [7, 11) is 4.80. The topological polar surface area (TPSA) is 60.4 Å². The van der Waals surface area contributed by atoms with E-state index in [1.165, 1.54) is 0 Å². The number of ether oxygens (including phenoxy) is 3. The Kier molecular flexibility index (Phi) is 5.94. The number of hydrogen-bond donors (Lipinski definition) is 0. The molecule has 0 saturated heterocycles. The van der Waals surface area contributed by atoms with E-state index in [9.17, 15) is 4.79 Å². The molecule has 0 bridgehead atoms. The summed E-state index contributed by atoms with van der Waals surface area (Å²) in [6.45, 7) is 1.99. The van der Waals surface area contributed by atoms with Crippen molar-refractivity contribution in [3.05, 3.63) is 89.1 Å². The summed E-state index contributed by atoms with van der Waals surface area (Å²) in [6.07, 6.45) is 1.74. The molecule has 0 aromatic heterocycles. The Morgan fingerprint density at radius 1 is 0.844 bits per heavy atom. The van der Waals surface area contributed by atoms with E-state index in [2.05, 4.69) is 0 Å². The zero-order chi connectivity index (χ0) is 22.7. The fourth-order valence-corrected chi connectivity index (χ4v) is 3.54. The lowest BCUT2D eigenvalue weighted by Crippen LogP contribution is -2.32. The van der Waals surface area contributed by atoms with Crippen LogP contribution in [-0.2, 0) is 4.79 Å². The van der Waals surface area contributed by atoms with Gasteiger partial charge in [0.05, 0.1) is 27.0 Å². The minimum Gasteiger partial charge on any atom is -0.497 e. The van der Waals surface area contributed by atoms with Crippen molar-refractivity contribution in [1.82, 2.24) is 0 Å². The Labute approximate surface area is 187 Å². The summed E-state index contributed by atoms with van der Waals surface area (Å²) in [6, 6.07) is 20.7. The number of amidine groups is 1. The van der Waals surface area contributed by atoms with E-state index in [1.807, 2.05) is 67.6 Å². The first kappa shape index (κ1) is 21.2. The molecule has 3 aromatic rings. The molecule has 1 aliphatic rings. The molecular formula is C26H24N2O4. The fourth-order valence-electron chi connectivity index (χ4n) is 3.54. The predicted octanol–water partition coefficient (Wildman–Crippen LogP) is 4.86. The maximum absolute atomic E-state index is 13.5. The number of nitrogens with zero attached hydrogens (tertiary/aromatic N) is 2. The number of rotatable bonds is 6. The van der Waals surface area contributed by atoms with Crippen LogP contribution in [0.25, 0.3) is 6.08 Å². The molecule has 1 amide bonds. The number of carbonyl (C=O) groups excluding carboxylic acids is 1. The zero-order valence-electron chi connectivity index (χ0n) is 18.5. The van der Waals surface area contributed by atoms with E-state index in [0.717, 1.165) is 28.1 Å². The first-order chi connectivity index (χ1) is 15.5. The first-order valence-electron chi connectivity index (χ1n) is 10.1. The van der Waals surface area contributed by atoms with Crippen LogP contribution in [0, 0.1) is 6.92 Å². The molecule has 0 saturated carbocycles. The van der Waals surface area contributed by atoms with E-state index in [4.69, 9.17) is 19.2 Å². The quantitative estimate of drug-likeness (QED) is 0.527. The molecule has 32 heavy (non-hydrogen) atoms. The molecule has 4 rings (SSSR count). The van der Waals surface area contributed by atoms with Crippen molar-refractivity contribution in [2.75, 3.05) is 26.2 Å². The minimum absolute atomic E-state index is 0.209. The number of anilines is 1. The second kappa shape index (κ2) is 8.98. The van der Waals surface area contributed by atoms with Gasteiger partial charge in [-0.25, -0.2) is 4.99 Å². The third-order valence-corrected chi connectivity index (χ3v) is 5.20. The number of hydrogen-bond acceptors (Lipinski definition) is 5. The highest BCUT2D eigenvalue weighted by Crippen LogP contribution is 2.32. The van der Waals surface area contributed by atoms with Gasteiger partial charge in [0, 0.05) is 17.2 Å². The summed E-state index contributed by atoms with van der Waals surface area (Å²) < 4.78 is 16.0. The van der Waals surface area contributed by atoms with Gasteiger partial charge < -0.3 is 14.2 Å². The number of aliphatic imine (C=N–C) groups is 1. The molecule has 0 atom stereocenters. The summed E-state index contributed by atoms with van der Waals surface area (Å²) >= 11 is 0. The van der Waals surface area contributed by atoms with E-state index in [0.29, 0.717) is 23.0 Å². The molecule has 0 N–H and O–H groups in total. The van der Waals surface area contributed by atoms with Crippen LogP contribution < -0.4 is 19.1 Å². The second-order valence-corrected chi connectivity index (χ2v) is 7.28. The third-order valence-electron chi connectivity index (χ3n) is 5.20. The van der Waals surface area contributed by atoms with Gasteiger partial charge in [0.2, 0.25) is 0 Å². The van der Waals surface area contributed by atoms with Crippen molar-refractivity contribution in [1.29, 1.82) is 0 Å². The molecule has 6 heteroatoms. The third kappa shape index (κ3) is 4.07. The average Bonchev–Trinajstić information content (AvgIpc) is 3.15. The van der Waals surface area contributed by atoms with Gasteiger partial charge in [-0.15, -0.1) is 0 Å². The van der Waals surface area contributed by atoms with Crippen molar-refractivity contribution in [2.24, 2.45) is 4.99 Å². The van der Waals surface area contributed by atoms with Crippen LogP contribution in [0.5, 0.6) is 17.2 Å². The summed E-state index contributed by atoms with van der Waals surface area (Å²) in [5, 5.41) is 0. The maximum Gasteiger partial charge on any atom is 0.282 e. The highest BCUT2D eigenvalue weighted by molar-refractivity contribution is 6.33. The molecule has 0 fully saturated rings. The highest BCUT2D eigenvalue weighted by atomic mass is 16.5. The molecule has 0 spiro atoms. The normalized spacial score (nSPS) is 14.5. The molecule has 0 aliphatic carbocycles. The Bertz CT molecular complexity index is 1210. The van der Waals surface area contributed by atoms with Gasteiger partial charge in [-0.05, 0) is 67.1 Å². The molecule has 0 radical (unpaired) electrons. The Balaban J connectivity index is 1.83. The van der Waals surface area contributed by atoms with Crippen LogP contribution in [0.1, 0.15) is 16.7 Å². The SMILES string of the molecule is COc1ccc(C2=N/C(=C/c3ccc(OC)cc3OC)C(=O)N2c2cccc(C)c2)cc1. The van der Waals surface area contributed by atoms with Crippen molar-refractivity contribution < 1.29 is 19.0 Å². The van der Waals surface area contributed by atoms with E-state index >= 15 is 0 Å². The number of benzene rings is 3. The molecular weight excluding hydrogens is 404 g/mol. The Hall–Kier alpha value is -4.06. The number of aryl methyl sites for hydroxylation is 1. The second-order valence-electron chi connectivity index (χ2n) is 7.28. The van der Waals surface area contributed by atoms with Gasteiger partial charge in [-0.3, -0.25) is 9.69 Å². The van der Waals surface area contributed by atoms with Gasteiger partial charge in [0.15, 0.2) is 0 Å². The highest BCUT2D eigenvalue weighted by Gasteiger charge is 2.32. The lowest BCUT2D eigenvalue weighted by molar-refractivity contribution is -0.113. The van der Waals surface area contributed by atoms with Crippen molar-refractivity contribution in [2.45, 2.75) is 6.92 Å². The average molecular weight is 428 g/mol. The van der Waals surface area contributed by atoms with Gasteiger partial charge in [-0.2, -0.15) is 0 Å². The van der Waals surface area contributed by atoms with E-state index in [1.54, 1.807) is 38.4 Å². The molecule has 1 heterocycles. The molecule has 3 aromatic carbocycles. The number of amides is 1. The standard InChI is InChI=1S/C26H24N2O4/c1-17-6-5-7-20(14-17)28-25(18-8-11-21(30-2)12-9-18)27-23(26(28)29)15-19-10-13-22(31-3)16-24(19)32-4/h5-16H,1-4H3/b23-15+. The number of methoxy groups -OCH3 is 3. The van der Waals surface area contributed by atoms with Crippen LogP contribution in [0.4, 0.5) is 5.69 Å². The number of carbonyl (C=O) groups is 1. The zero-order valence-corrected chi connectivity index (χ0v) is 18.5. The molecule has 1 aliphatic heterocycles. The van der Waals surface area contributed by atoms with Crippen LogP contribution in [0.15, 0.2) is 77.4 Å². The van der Waals surface area contributed by atoms with Gasteiger partial charge in [0.25, 0.3) is 5.91 Å². The lowest BCUT2D eigenvalue weighted by atomic mass is 10.1. The van der Waals surface area contributed by atoms with Crippen LogP contribution in [0.3, 0.4) is 0 Å². The smallest absolute Gasteiger partial charge is 0.282 e. The summed E-state index contributed by atoms with van der Waals surface area (Å²) in [4.78, 5) is 19.9. The monoisotopic (exact) mass is 428 g/mol. The van der Waals surface area contributed by atoms with Crippen molar-refractivity contribution >= 4 is 23.5 Å². The summed E-state index contributed by atoms with van der Waals surface area (Å²) in [5.74, 6) is 2.35. The maximum atomic E-state index is 13.5. The summed E-state index contributed by atoms with van der Waals surface area (Å²) in [5.41, 5.74) is 3.68. The largest absolute Gasteiger partial charge is 0.497 e. The molecule has 6 nitrogen and oxygen atoms in total. The Morgan fingerprint density at radius 3 is 2.22 bits per heavy atom. The van der Waals surface area contributed by atoms with Crippen LogP contribution in [-0.4, -0.2) is 33.1 Å². The van der Waals surface area contributed by atoms with E-state index in [-0.39, 0.29) is 5.91 Å².